The van der Waals surface area contributed by atoms with Gasteiger partial charge in [0, 0.05) is 0 Å². The van der Waals surface area contributed by atoms with Gasteiger partial charge in [0.2, 0.25) is 0 Å². The minimum Gasteiger partial charge on any atom is -0.466 e. The predicted octanol–water partition coefficient (Wildman–Crippen LogP) is 4.25. The van der Waals surface area contributed by atoms with Crippen LogP contribution in [0.15, 0.2) is 66.7 Å². The summed E-state index contributed by atoms with van der Waals surface area (Å²) in [6.07, 6.45) is 4.05. The fourth-order valence-electron chi connectivity index (χ4n) is 2.66. The van der Waals surface area contributed by atoms with E-state index in [1.807, 2.05) is 67.6 Å². The Bertz CT molecular complexity index is 648. The summed E-state index contributed by atoms with van der Waals surface area (Å²) in [6.45, 7) is 6.71. The molecule has 1 atom stereocenters. The van der Waals surface area contributed by atoms with Crippen molar-refractivity contribution in [2.75, 3.05) is 6.61 Å². The van der Waals surface area contributed by atoms with Crippen LogP contribution in [0, 0.1) is 0 Å². The second-order valence-electron chi connectivity index (χ2n) is 6.09. The summed E-state index contributed by atoms with van der Waals surface area (Å²) in [5.74, 6) is -0.125. The Morgan fingerprint density at radius 2 is 1.61 bits per heavy atom. The Morgan fingerprint density at radius 1 is 1.04 bits per heavy atom. The van der Waals surface area contributed by atoms with Gasteiger partial charge in [0.15, 0.2) is 0 Å². The molecule has 2 rings (SSSR count). The van der Waals surface area contributed by atoms with E-state index in [-0.39, 0.29) is 11.5 Å². The highest BCUT2D eigenvalue weighted by molar-refractivity contribution is 6.93. The summed E-state index contributed by atoms with van der Waals surface area (Å²) in [7, 11) is -2.02. The molecule has 0 fully saturated rings. The van der Waals surface area contributed by atoms with Crippen molar-refractivity contribution < 1.29 is 9.53 Å². The van der Waals surface area contributed by atoms with Gasteiger partial charge in [-0.15, -0.1) is 0 Å². The van der Waals surface area contributed by atoms with E-state index in [2.05, 4.69) is 25.2 Å². The average Bonchev–Trinajstić information content (AvgIpc) is 2.57. The number of hydrogen-bond donors (Lipinski definition) is 0. The highest BCUT2D eigenvalue weighted by Crippen LogP contribution is 2.26. The van der Waals surface area contributed by atoms with Crippen molar-refractivity contribution in [1.29, 1.82) is 0 Å². The molecule has 0 bridgehead atoms. The molecule has 0 heterocycles. The molecule has 0 saturated carbocycles. The molecule has 0 aliphatic heterocycles. The quantitative estimate of drug-likeness (QED) is 0.586. The third-order valence-corrected chi connectivity index (χ3v) is 7.92. The lowest BCUT2D eigenvalue weighted by Crippen LogP contribution is -2.48. The van der Waals surface area contributed by atoms with Crippen molar-refractivity contribution in [3.8, 4) is 0 Å². The zero-order chi connectivity index (χ0) is 16.7. The summed E-state index contributed by atoms with van der Waals surface area (Å²) >= 11 is 0. The Labute approximate surface area is 139 Å². The minimum atomic E-state index is -2.02. The summed E-state index contributed by atoms with van der Waals surface area (Å²) in [4.78, 5) is 12.5. The van der Waals surface area contributed by atoms with Crippen LogP contribution >= 0.6 is 0 Å². The van der Waals surface area contributed by atoms with E-state index < -0.39 is 8.07 Å². The summed E-state index contributed by atoms with van der Waals surface area (Å²) in [5.41, 5.74) is 0.893. The van der Waals surface area contributed by atoms with Crippen molar-refractivity contribution >= 4 is 25.3 Å². The fraction of sp³-hybridized carbons (Fsp3) is 0.250. The van der Waals surface area contributed by atoms with Crippen LogP contribution in [0.4, 0.5) is 0 Å². The molecule has 3 heteroatoms. The fourth-order valence-corrected chi connectivity index (χ4v) is 5.33. The van der Waals surface area contributed by atoms with E-state index in [4.69, 9.17) is 4.74 Å². The third kappa shape index (κ3) is 4.42. The van der Waals surface area contributed by atoms with Crippen LogP contribution in [0.3, 0.4) is 0 Å². The Morgan fingerprint density at radius 3 is 2.17 bits per heavy atom. The molecular weight excluding hydrogens is 300 g/mol. The first-order valence-corrected chi connectivity index (χ1v) is 11.1. The molecule has 0 saturated heterocycles. The number of hydrogen-bond acceptors (Lipinski definition) is 2. The zero-order valence-electron chi connectivity index (χ0n) is 14.0. The van der Waals surface area contributed by atoms with Crippen LogP contribution in [0.2, 0.25) is 18.6 Å². The molecule has 0 aromatic heterocycles. The molecule has 2 aromatic carbocycles. The molecule has 23 heavy (non-hydrogen) atoms. The smallest absolute Gasteiger partial charge is 0.310 e. The van der Waals surface area contributed by atoms with Gasteiger partial charge in [-0.2, -0.15) is 0 Å². The van der Waals surface area contributed by atoms with E-state index in [1.54, 1.807) is 0 Å². The third-order valence-electron chi connectivity index (χ3n) is 4.12. The topological polar surface area (TPSA) is 26.3 Å². The van der Waals surface area contributed by atoms with Crippen LogP contribution in [-0.4, -0.2) is 20.7 Å². The maximum absolute atomic E-state index is 12.5. The van der Waals surface area contributed by atoms with Crippen molar-refractivity contribution in [3.05, 3.63) is 72.3 Å². The molecular formula is C20H24O2Si. The van der Waals surface area contributed by atoms with Crippen molar-refractivity contribution in [1.82, 2.24) is 0 Å². The summed E-state index contributed by atoms with van der Waals surface area (Å²) < 4.78 is 5.34. The van der Waals surface area contributed by atoms with Crippen LogP contribution in [-0.2, 0) is 9.53 Å². The molecule has 0 aliphatic rings. The normalized spacial score (nSPS) is 13.0. The van der Waals surface area contributed by atoms with Gasteiger partial charge in [-0.1, -0.05) is 91.1 Å². The molecule has 0 radical (unpaired) electrons. The van der Waals surface area contributed by atoms with Crippen LogP contribution in [0.1, 0.15) is 12.5 Å². The molecule has 2 nitrogen and oxygen atoms in total. The Hall–Kier alpha value is -2.13. The van der Waals surface area contributed by atoms with Crippen molar-refractivity contribution in [2.45, 2.75) is 25.6 Å². The first-order chi connectivity index (χ1) is 11.1. The SMILES string of the molecule is CCOC(=O)[C@H](/C=C/c1ccccc1)[Si](C)(C)c1ccccc1. The first-order valence-electron chi connectivity index (χ1n) is 8.01. The van der Waals surface area contributed by atoms with E-state index in [0.717, 1.165) is 5.56 Å². The van der Waals surface area contributed by atoms with Gasteiger partial charge in [-0.3, -0.25) is 4.79 Å². The van der Waals surface area contributed by atoms with Crippen molar-refractivity contribution in [2.24, 2.45) is 0 Å². The average molecular weight is 324 g/mol. The van der Waals surface area contributed by atoms with Crippen molar-refractivity contribution in [3.63, 3.8) is 0 Å². The number of carbonyl (C=O) groups excluding carboxylic acids is 1. The maximum Gasteiger partial charge on any atom is 0.310 e. The summed E-state index contributed by atoms with van der Waals surface area (Å²) in [5, 5.41) is 1.26. The van der Waals surface area contributed by atoms with Gasteiger partial charge < -0.3 is 4.74 Å². The van der Waals surface area contributed by atoms with E-state index in [1.165, 1.54) is 5.19 Å². The van der Waals surface area contributed by atoms with Crippen LogP contribution in [0.25, 0.3) is 6.08 Å². The number of esters is 1. The molecule has 120 valence electrons. The predicted molar refractivity (Wildman–Crippen MR) is 99.4 cm³/mol. The lowest BCUT2D eigenvalue weighted by molar-refractivity contribution is -0.142. The second kappa shape index (κ2) is 7.93. The van der Waals surface area contributed by atoms with E-state index in [9.17, 15) is 4.79 Å². The Balaban J connectivity index is 2.34. The van der Waals surface area contributed by atoms with Crippen LogP contribution in [0.5, 0.6) is 0 Å². The molecule has 0 spiro atoms. The van der Waals surface area contributed by atoms with Gasteiger partial charge in [0.25, 0.3) is 0 Å². The second-order valence-corrected chi connectivity index (χ2v) is 10.7. The van der Waals surface area contributed by atoms with Gasteiger partial charge in [-0.05, 0) is 12.5 Å². The number of benzene rings is 2. The largest absolute Gasteiger partial charge is 0.466 e. The first kappa shape index (κ1) is 17.2. The van der Waals surface area contributed by atoms with Gasteiger partial charge in [0.05, 0.1) is 12.1 Å². The van der Waals surface area contributed by atoms with Gasteiger partial charge in [0.1, 0.15) is 8.07 Å². The maximum atomic E-state index is 12.5. The van der Waals surface area contributed by atoms with E-state index in [0.29, 0.717) is 6.61 Å². The zero-order valence-corrected chi connectivity index (χ0v) is 15.0. The Kier molecular flexibility index (Phi) is 5.94. The molecule has 0 amide bonds. The standard InChI is InChI=1S/C20H24O2Si/c1-4-22-20(21)19(16-15-17-11-7-5-8-12-17)23(2,3)18-13-9-6-10-14-18/h5-16,19H,4H2,1-3H3/b16-15+/t19-/m0/s1. The number of carbonyl (C=O) groups is 1. The molecule has 2 aromatic rings. The summed E-state index contributed by atoms with van der Waals surface area (Å²) in [6, 6.07) is 20.4. The highest BCUT2D eigenvalue weighted by atomic mass is 28.3. The lowest BCUT2D eigenvalue weighted by Gasteiger charge is -2.29. The number of rotatable bonds is 6. The molecule has 0 unspecified atom stereocenters. The molecule has 0 aliphatic carbocycles. The lowest BCUT2D eigenvalue weighted by atomic mass is 10.2. The highest BCUT2D eigenvalue weighted by Gasteiger charge is 2.37. The minimum absolute atomic E-state index is 0.125. The molecule has 0 N–H and O–H groups in total. The monoisotopic (exact) mass is 324 g/mol. The van der Waals surface area contributed by atoms with Crippen LogP contribution < -0.4 is 5.19 Å². The van der Waals surface area contributed by atoms with E-state index >= 15 is 0 Å². The van der Waals surface area contributed by atoms with Gasteiger partial charge in [-0.25, -0.2) is 0 Å². The van der Waals surface area contributed by atoms with Gasteiger partial charge >= 0.3 is 5.97 Å². The number of ether oxygens (including phenoxy) is 1.